The van der Waals surface area contributed by atoms with E-state index in [-0.39, 0.29) is 12.2 Å². The molecule has 0 aliphatic rings. The summed E-state index contributed by atoms with van der Waals surface area (Å²) in [6.07, 6.45) is -0.296. The molecule has 2 N–H and O–H groups in total. The Kier molecular flexibility index (Phi) is 9.10. The van der Waals surface area contributed by atoms with Crippen molar-refractivity contribution < 1.29 is 10.2 Å². The maximum atomic E-state index is 8.63. The van der Waals surface area contributed by atoms with Crippen molar-refractivity contribution in [2.75, 3.05) is 0 Å². The van der Waals surface area contributed by atoms with Crippen LogP contribution >= 0.6 is 0 Å². The Morgan fingerprint density at radius 2 is 0.667 bits per heavy atom. The molecule has 0 spiro atoms. The minimum absolute atomic E-state index is 0.148. The van der Waals surface area contributed by atoms with Gasteiger partial charge in [-0.1, -0.05) is 27.7 Å². The number of rotatable bonds is 2. The van der Waals surface area contributed by atoms with Crippen molar-refractivity contribution in [3.05, 3.63) is 0 Å². The zero-order chi connectivity index (χ0) is 10.3. The van der Waals surface area contributed by atoms with E-state index in [1.807, 2.05) is 27.7 Å². The number of hydrogen-bond donors (Lipinski definition) is 2. The van der Waals surface area contributed by atoms with Gasteiger partial charge in [-0.2, -0.15) is 0 Å². The average molecular weight is 176 g/mol. The zero-order valence-electron chi connectivity index (χ0n) is 9.20. The van der Waals surface area contributed by atoms with Crippen LogP contribution in [0.4, 0.5) is 0 Å². The van der Waals surface area contributed by atoms with Crippen LogP contribution in [0, 0.1) is 11.8 Å². The Morgan fingerprint density at radius 1 is 0.583 bits per heavy atom. The molecule has 76 valence electrons. The topological polar surface area (TPSA) is 40.5 Å². The Bertz CT molecular complexity index is 61.8. The van der Waals surface area contributed by atoms with Crippen LogP contribution in [0.15, 0.2) is 0 Å². The van der Waals surface area contributed by atoms with Crippen LogP contribution in [0.25, 0.3) is 0 Å². The molecule has 0 aromatic carbocycles. The third kappa shape index (κ3) is 12.6. The van der Waals surface area contributed by atoms with E-state index < -0.39 is 0 Å². The first-order chi connectivity index (χ1) is 5.29. The minimum Gasteiger partial charge on any atom is -0.393 e. The Labute approximate surface area is 76.6 Å². The first-order valence-electron chi connectivity index (χ1n) is 4.65. The van der Waals surface area contributed by atoms with Crippen LogP contribution in [0.5, 0.6) is 0 Å². The lowest BCUT2D eigenvalue weighted by Crippen LogP contribution is -2.07. The summed E-state index contributed by atoms with van der Waals surface area (Å²) in [6.45, 7) is 11.6. The summed E-state index contributed by atoms with van der Waals surface area (Å²) in [5.41, 5.74) is 0. The van der Waals surface area contributed by atoms with Gasteiger partial charge in [0.1, 0.15) is 0 Å². The molecule has 12 heavy (non-hydrogen) atoms. The molecular formula is C10H24O2. The van der Waals surface area contributed by atoms with Crippen LogP contribution in [0.3, 0.4) is 0 Å². The van der Waals surface area contributed by atoms with E-state index >= 15 is 0 Å². The first kappa shape index (κ1) is 14.4. The number of aliphatic hydroxyl groups excluding tert-OH is 2. The first-order valence-corrected chi connectivity index (χ1v) is 4.65. The van der Waals surface area contributed by atoms with Crippen molar-refractivity contribution in [2.45, 2.75) is 53.8 Å². The monoisotopic (exact) mass is 176 g/mol. The molecule has 0 saturated carbocycles. The third-order valence-electron chi connectivity index (χ3n) is 1.93. The molecule has 0 bridgehead atoms. The molecule has 2 nitrogen and oxygen atoms in total. The van der Waals surface area contributed by atoms with E-state index in [0.29, 0.717) is 11.8 Å². The highest BCUT2D eigenvalue weighted by atomic mass is 16.3. The van der Waals surface area contributed by atoms with Crippen molar-refractivity contribution in [3.63, 3.8) is 0 Å². The summed E-state index contributed by atoms with van der Waals surface area (Å²) >= 11 is 0. The Balaban J connectivity index is 0. The van der Waals surface area contributed by atoms with E-state index in [1.165, 1.54) is 0 Å². The normalized spacial score (nSPS) is 15.5. The van der Waals surface area contributed by atoms with Crippen LogP contribution in [-0.2, 0) is 0 Å². The largest absolute Gasteiger partial charge is 0.393 e. The van der Waals surface area contributed by atoms with Gasteiger partial charge in [-0.05, 0) is 25.7 Å². The number of hydrogen-bond acceptors (Lipinski definition) is 2. The summed E-state index contributed by atoms with van der Waals surface area (Å²) in [5, 5.41) is 17.3. The molecule has 2 heteroatoms. The molecule has 2 atom stereocenters. The van der Waals surface area contributed by atoms with Gasteiger partial charge in [-0.25, -0.2) is 0 Å². The summed E-state index contributed by atoms with van der Waals surface area (Å²) < 4.78 is 0. The van der Waals surface area contributed by atoms with E-state index in [4.69, 9.17) is 10.2 Å². The van der Waals surface area contributed by atoms with Gasteiger partial charge in [-0.3, -0.25) is 0 Å². The predicted octanol–water partition coefficient (Wildman–Crippen LogP) is 2.05. The average Bonchev–Trinajstić information content (AvgIpc) is 1.88. The Morgan fingerprint density at radius 3 is 0.667 bits per heavy atom. The second-order valence-corrected chi connectivity index (χ2v) is 3.97. The molecule has 0 heterocycles. The highest BCUT2D eigenvalue weighted by molar-refractivity contribution is 4.49. The standard InChI is InChI=1S/2C5H12O/c2*1-4(2)5(3)6/h2*4-6H,1-3H3. The van der Waals surface area contributed by atoms with E-state index in [1.54, 1.807) is 13.8 Å². The maximum Gasteiger partial charge on any atom is 0.0535 e. The fourth-order valence-electron chi connectivity index (χ4n) is 0. The molecule has 0 radical (unpaired) electrons. The molecular weight excluding hydrogens is 152 g/mol. The second kappa shape index (κ2) is 7.56. The summed E-state index contributed by atoms with van der Waals surface area (Å²) in [5.74, 6) is 0.815. The smallest absolute Gasteiger partial charge is 0.0535 e. The molecule has 0 amide bonds. The van der Waals surface area contributed by atoms with Gasteiger partial charge in [-0.15, -0.1) is 0 Å². The fourth-order valence-corrected chi connectivity index (χ4v) is 0. The lowest BCUT2D eigenvalue weighted by Gasteiger charge is -2.04. The van der Waals surface area contributed by atoms with Crippen molar-refractivity contribution in [3.8, 4) is 0 Å². The van der Waals surface area contributed by atoms with Gasteiger partial charge in [0, 0.05) is 0 Å². The fraction of sp³-hybridized carbons (Fsp3) is 1.00. The van der Waals surface area contributed by atoms with Gasteiger partial charge in [0.25, 0.3) is 0 Å². The molecule has 2 unspecified atom stereocenters. The summed E-state index contributed by atoms with van der Waals surface area (Å²) in [4.78, 5) is 0. The minimum atomic E-state index is -0.148. The molecule has 0 saturated heterocycles. The zero-order valence-corrected chi connectivity index (χ0v) is 9.20. The van der Waals surface area contributed by atoms with Crippen molar-refractivity contribution in [1.29, 1.82) is 0 Å². The molecule has 0 aromatic heterocycles. The van der Waals surface area contributed by atoms with Crippen LogP contribution in [-0.4, -0.2) is 22.4 Å². The summed E-state index contributed by atoms with van der Waals surface area (Å²) in [7, 11) is 0. The van der Waals surface area contributed by atoms with E-state index in [9.17, 15) is 0 Å². The van der Waals surface area contributed by atoms with Crippen molar-refractivity contribution >= 4 is 0 Å². The van der Waals surface area contributed by atoms with Crippen LogP contribution in [0.2, 0.25) is 0 Å². The highest BCUT2D eigenvalue weighted by Gasteiger charge is 1.98. The maximum absolute atomic E-state index is 8.63. The predicted molar refractivity (Wildman–Crippen MR) is 53.0 cm³/mol. The quantitative estimate of drug-likeness (QED) is 0.676. The van der Waals surface area contributed by atoms with E-state index in [2.05, 4.69) is 0 Å². The molecule has 0 rings (SSSR count). The van der Waals surface area contributed by atoms with Crippen molar-refractivity contribution in [1.82, 2.24) is 0 Å². The van der Waals surface area contributed by atoms with Gasteiger partial charge in [0.2, 0.25) is 0 Å². The van der Waals surface area contributed by atoms with Crippen molar-refractivity contribution in [2.24, 2.45) is 11.8 Å². The number of aliphatic hydroxyl groups is 2. The highest BCUT2D eigenvalue weighted by Crippen LogP contribution is 1.97. The van der Waals surface area contributed by atoms with E-state index in [0.717, 1.165) is 0 Å². The molecule has 0 aromatic rings. The molecule has 0 aliphatic carbocycles. The lowest BCUT2D eigenvalue weighted by atomic mass is 10.1. The summed E-state index contributed by atoms with van der Waals surface area (Å²) in [6, 6.07) is 0. The SMILES string of the molecule is CC(C)C(C)O.CC(C)C(C)O. The van der Waals surface area contributed by atoms with Gasteiger partial charge in [0.05, 0.1) is 12.2 Å². The Hall–Kier alpha value is -0.0800. The second-order valence-electron chi connectivity index (χ2n) is 3.97. The molecule has 0 fully saturated rings. The van der Waals surface area contributed by atoms with Crippen LogP contribution in [0.1, 0.15) is 41.5 Å². The lowest BCUT2D eigenvalue weighted by molar-refractivity contribution is 0.144. The molecule has 0 aliphatic heterocycles. The van der Waals surface area contributed by atoms with Crippen LogP contribution < -0.4 is 0 Å². The van der Waals surface area contributed by atoms with Gasteiger partial charge in [0.15, 0.2) is 0 Å². The van der Waals surface area contributed by atoms with Gasteiger partial charge < -0.3 is 10.2 Å². The van der Waals surface area contributed by atoms with Gasteiger partial charge >= 0.3 is 0 Å². The third-order valence-corrected chi connectivity index (χ3v) is 1.93.